The van der Waals surface area contributed by atoms with Crippen LogP contribution in [0.15, 0.2) is 42.5 Å². The van der Waals surface area contributed by atoms with Crippen LogP contribution in [0.5, 0.6) is 11.5 Å². The van der Waals surface area contributed by atoms with Crippen molar-refractivity contribution in [2.75, 3.05) is 27.3 Å². The molecule has 0 spiro atoms. The van der Waals surface area contributed by atoms with Crippen LogP contribution in [0.25, 0.3) is 0 Å². The summed E-state index contributed by atoms with van der Waals surface area (Å²) in [5, 5.41) is 3.02. The molecule has 1 fully saturated rings. The molecule has 1 amide bonds. The number of amides is 1. The lowest BCUT2D eigenvalue weighted by molar-refractivity contribution is -0.122. The van der Waals surface area contributed by atoms with Crippen molar-refractivity contribution in [2.45, 2.75) is 32.4 Å². The molecular weight excluding hydrogens is 340 g/mol. The maximum atomic E-state index is 12.5. The Bertz CT molecular complexity index is 791. The van der Waals surface area contributed by atoms with Crippen molar-refractivity contribution in [2.24, 2.45) is 0 Å². The molecule has 1 aliphatic rings. The summed E-state index contributed by atoms with van der Waals surface area (Å²) in [6.07, 6.45) is 2.23. The van der Waals surface area contributed by atoms with Crippen LogP contribution in [-0.4, -0.2) is 38.1 Å². The lowest BCUT2D eigenvalue weighted by Crippen LogP contribution is -2.36. The lowest BCUT2D eigenvalue weighted by atomic mass is 9.99. The number of rotatable bonds is 7. The van der Waals surface area contributed by atoms with Crippen molar-refractivity contribution in [3.8, 4) is 11.5 Å². The van der Waals surface area contributed by atoms with Crippen molar-refractivity contribution in [1.82, 2.24) is 10.2 Å². The fourth-order valence-electron chi connectivity index (χ4n) is 3.76. The Hall–Kier alpha value is -2.53. The molecule has 2 aromatic carbocycles. The molecule has 0 bridgehead atoms. The van der Waals surface area contributed by atoms with Gasteiger partial charge in [0.25, 0.3) is 0 Å². The molecule has 1 heterocycles. The van der Waals surface area contributed by atoms with Gasteiger partial charge in [-0.1, -0.05) is 30.3 Å². The summed E-state index contributed by atoms with van der Waals surface area (Å²) in [7, 11) is 3.22. The monoisotopic (exact) mass is 368 g/mol. The van der Waals surface area contributed by atoms with Crippen molar-refractivity contribution in [3.05, 3.63) is 59.2 Å². The molecule has 0 aromatic heterocycles. The van der Waals surface area contributed by atoms with E-state index < -0.39 is 0 Å². The molecule has 1 unspecified atom stereocenters. The van der Waals surface area contributed by atoms with E-state index >= 15 is 0 Å². The van der Waals surface area contributed by atoms with Gasteiger partial charge in [-0.25, -0.2) is 0 Å². The molecule has 1 N–H and O–H groups in total. The van der Waals surface area contributed by atoms with Crippen molar-refractivity contribution >= 4 is 5.91 Å². The Balaban J connectivity index is 1.58. The Morgan fingerprint density at radius 3 is 2.67 bits per heavy atom. The maximum absolute atomic E-state index is 12.5. The molecular formula is C22H28N2O3. The average molecular weight is 368 g/mol. The summed E-state index contributed by atoms with van der Waals surface area (Å²) in [5.41, 5.74) is 3.61. The molecule has 0 aliphatic carbocycles. The van der Waals surface area contributed by atoms with E-state index in [1.165, 1.54) is 11.1 Å². The van der Waals surface area contributed by atoms with Gasteiger partial charge < -0.3 is 14.8 Å². The quantitative estimate of drug-likeness (QED) is 0.813. The van der Waals surface area contributed by atoms with Gasteiger partial charge in [-0.05, 0) is 55.1 Å². The maximum Gasteiger partial charge on any atom is 0.234 e. The van der Waals surface area contributed by atoms with Crippen LogP contribution in [-0.2, 0) is 11.3 Å². The summed E-state index contributed by atoms with van der Waals surface area (Å²) in [6, 6.07) is 14.5. The van der Waals surface area contributed by atoms with Gasteiger partial charge in [0.1, 0.15) is 0 Å². The van der Waals surface area contributed by atoms with Gasteiger partial charge in [0.15, 0.2) is 11.5 Å². The molecule has 1 saturated heterocycles. The topological polar surface area (TPSA) is 50.8 Å². The van der Waals surface area contributed by atoms with Crippen LogP contribution in [0.3, 0.4) is 0 Å². The number of ether oxygens (including phenoxy) is 2. The van der Waals surface area contributed by atoms with E-state index in [9.17, 15) is 4.79 Å². The van der Waals surface area contributed by atoms with E-state index in [1.54, 1.807) is 14.2 Å². The third-order valence-corrected chi connectivity index (χ3v) is 5.20. The average Bonchev–Trinajstić information content (AvgIpc) is 3.14. The first-order chi connectivity index (χ1) is 13.1. The van der Waals surface area contributed by atoms with Crippen molar-refractivity contribution in [3.63, 3.8) is 0 Å². The Kier molecular flexibility index (Phi) is 6.35. The largest absolute Gasteiger partial charge is 0.493 e. The Labute approximate surface area is 161 Å². The number of methoxy groups -OCH3 is 2. The number of carbonyl (C=O) groups is 1. The molecule has 5 heteroatoms. The standard InChI is InChI=1S/C22H28N2O3/c1-16-7-4-5-8-18(16)19-9-6-12-24(19)15-22(25)23-14-17-10-11-20(26-2)21(13-17)27-3/h4-5,7-8,10-11,13,19H,6,9,12,14-15H2,1-3H3,(H,23,25). The van der Waals surface area contributed by atoms with E-state index in [2.05, 4.69) is 41.4 Å². The summed E-state index contributed by atoms with van der Waals surface area (Å²) in [5.74, 6) is 1.40. The van der Waals surface area contributed by atoms with Gasteiger partial charge in [-0.15, -0.1) is 0 Å². The fourth-order valence-corrected chi connectivity index (χ4v) is 3.76. The Morgan fingerprint density at radius 1 is 1.15 bits per heavy atom. The molecule has 2 aromatic rings. The molecule has 5 nitrogen and oxygen atoms in total. The van der Waals surface area contributed by atoms with E-state index in [4.69, 9.17) is 9.47 Å². The van der Waals surface area contributed by atoms with Gasteiger partial charge in [0.2, 0.25) is 5.91 Å². The van der Waals surface area contributed by atoms with Crippen molar-refractivity contribution < 1.29 is 14.3 Å². The molecule has 1 aliphatic heterocycles. The number of hydrogen-bond acceptors (Lipinski definition) is 4. The first kappa shape index (κ1) is 19.2. The second-order valence-corrected chi connectivity index (χ2v) is 6.95. The molecule has 3 rings (SSSR count). The van der Waals surface area contributed by atoms with Gasteiger partial charge >= 0.3 is 0 Å². The zero-order valence-electron chi connectivity index (χ0n) is 16.3. The molecule has 0 saturated carbocycles. The predicted octanol–water partition coefficient (Wildman–Crippen LogP) is 3.47. The van der Waals surface area contributed by atoms with Gasteiger partial charge in [-0.3, -0.25) is 9.69 Å². The predicted molar refractivity (Wildman–Crippen MR) is 106 cm³/mol. The number of benzene rings is 2. The molecule has 144 valence electrons. The number of nitrogens with zero attached hydrogens (tertiary/aromatic N) is 1. The SMILES string of the molecule is COc1ccc(CNC(=O)CN2CCCC2c2ccccc2C)cc1OC. The zero-order valence-corrected chi connectivity index (χ0v) is 16.3. The second-order valence-electron chi connectivity index (χ2n) is 6.95. The Morgan fingerprint density at radius 2 is 1.93 bits per heavy atom. The first-order valence-electron chi connectivity index (χ1n) is 9.39. The van der Waals surface area contributed by atoms with E-state index in [1.807, 2.05) is 18.2 Å². The first-order valence-corrected chi connectivity index (χ1v) is 9.39. The van der Waals surface area contributed by atoms with Crippen LogP contribution in [0.1, 0.15) is 35.6 Å². The van der Waals surface area contributed by atoms with Crippen LogP contribution in [0, 0.1) is 6.92 Å². The summed E-state index contributed by atoms with van der Waals surface area (Å²) < 4.78 is 10.6. The number of aryl methyl sites for hydroxylation is 1. The van der Waals surface area contributed by atoms with Gasteiger partial charge in [0.05, 0.1) is 20.8 Å². The zero-order chi connectivity index (χ0) is 19.2. The minimum atomic E-state index is 0.0465. The molecule has 27 heavy (non-hydrogen) atoms. The summed E-state index contributed by atoms with van der Waals surface area (Å²) >= 11 is 0. The highest BCUT2D eigenvalue weighted by molar-refractivity contribution is 5.78. The van der Waals surface area contributed by atoms with Crippen LogP contribution < -0.4 is 14.8 Å². The molecule has 0 radical (unpaired) electrons. The lowest BCUT2D eigenvalue weighted by Gasteiger charge is -2.25. The number of likely N-dealkylation sites (tertiary alicyclic amines) is 1. The highest BCUT2D eigenvalue weighted by Gasteiger charge is 2.28. The van der Waals surface area contributed by atoms with Crippen LogP contribution >= 0.6 is 0 Å². The van der Waals surface area contributed by atoms with Crippen LogP contribution in [0.4, 0.5) is 0 Å². The summed E-state index contributed by atoms with van der Waals surface area (Å²) in [6.45, 7) is 4.00. The number of nitrogens with one attached hydrogen (secondary N) is 1. The third kappa shape index (κ3) is 4.61. The van der Waals surface area contributed by atoms with Gasteiger partial charge in [-0.2, -0.15) is 0 Å². The highest BCUT2D eigenvalue weighted by Crippen LogP contribution is 2.33. The van der Waals surface area contributed by atoms with E-state index in [0.29, 0.717) is 30.6 Å². The number of hydrogen-bond donors (Lipinski definition) is 1. The number of carbonyl (C=O) groups excluding carboxylic acids is 1. The van der Waals surface area contributed by atoms with Gasteiger partial charge in [0, 0.05) is 12.6 Å². The molecule has 1 atom stereocenters. The normalized spacial score (nSPS) is 16.9. The second kappa shape index (κ2) is 8.91. The fraction of sp³-hybridized carbons (Fsp3) is 0.409. The van der Waals surface area contributed by atoms with E-state index in [0.717, 1.165) is 24.9 Å². The van der Waals surface area contributed by atoms with Crippen LogP contribution in [0.2, 0.25) is 0 Å². The van der Waals surface area contributed by atoms with E-state index in [-0.39, 0.29) is 5.91 Å². The minimum Gasteiger partial charge on any atom is -0.493 e. The smallest absolute Gasteiger partial charge is 0.234 e. The highest BCUT2D eigenvalue weighted by atomic mass is 16.5. The third-order valence-electron chi connectivity index (χ3n) is 5.20. The van der Waals surface area contributed by atoms with Crippen molar-refractivity contribution in [1.29, 1.82) is 0 Å². The minimum absolute atomic E-state index is 0.0465. The summed E-state index contributed by atoms with van der Waals surface area (Å²) in [4.78, 5) is 14.8.